The molecule has 4 nitrogen and oxygen atoms in total. The predicted molar refractivity (Wildman–Crippen MR) is 86.3 cm³/mol. The molecule has 118 valence electrons. The largest absolute Gasteiger partial charge is 0.317 e. The minimum absolute atomic E-state index is 0.0891. The summed E-state index contributed by atoms with van der Waals surface area (Å²) >= 11 is 5.94. The van der Waals surface area contributed by atoms with E-state index >= 15 is 0 Å². The van der Waals surface area contributed by atoms with Crippen LogP contribution in [-0.4, -0.2) is 38.4 Å². The molecule has 1 N–H and O–H groups in total. The topological polar surface area (TPSA) is 49.4 Å². The van der Waals surface area contributed by atoms with Gasteiger partial charge in [-0.3, -0.25) is 0 Å². The van der Waals surface area contributed by atoms with Crippen molar-refractivity contribution in [3.8, 4) is 0 Å². The van der Waals surface area contributed by atoms with Gasteiger partial charge in [-0.05, 0) is 63.0 Å². The van der Waals surface area contributed by atoms with Gasteiger partial charge in [0.25, 0.3) is 0 Å². The van der Waals surface area contributed by atoms with Gasteiger partial charge >= 0.3 is 0 Å². The molecule has 0 aromatic heterocycles. The molecular formula is C15H23ClN2O2S. The third-order valence-electron chi connectivity index (χ3n) is 3.88. The summed E-state index contributed by atoms with van der Waals surface area (Å²) < 4.78 is 27.7. The molecule has 0 bridgehead atoms. The maximum absolute atomic E-state index is 13.0. The predicted octanol–water partition coefficient (Wildman–Crippen LogP) is 2.80. The Hall–Kier alpha value is -0.620. The first kappa shape index (κ1) is 16.7. The van der Waals surface area contributed by atoms with Crippen LogP contribution in [0.3, 0.4) is 0 Å². The highest BCUT2D eigenvalue weighted by Gasteiger charge is 2.32. The maximum Gasteiger partial charge on any atom is 0.243 e. The highest BCUT2D eigenvalue weighted by Crippen LogP contribution is 2.26. The highest BCUT2D eigenvalue weighted by atomic mass is 35.5. The first-order chi connectivity index (χ1) is 9.96. The van der Waals surface area contributed by atoms with Crippen LogP contribution in [0.5, 0.6) is 0 Å². The zero-order chi connectivity index (χ0) is 15.5. The van der Waals surface area contributed by atoms with Crippen molar-refractivity contribution < 1.29 is 8.42 Å². The second-order valence-electron chi connectivity index (χ2n) is 5.51. The van der Waals surface area contributed by atoms with E-state index in [-0.39, 0.29) is 6.04 Å². The molecule has 0 aliphatic carbocycles. The lowest BCUT2D eigenvalue weighted by Crippen LogP contribution is -2.46. The SMILES string of the molecule is CCCN(C1CCNCC1)S(=O)(=O)c1ccc(Cl)cc1C. The van der Waals surface area contributed by atoms with Crippen molar-refractivity contribution in [3.05, 3.63) is 28.8 Å². The zero-order valence-corrected chi connectivity index (χ0v) is 14.2. The van der Waals surface area contributed by atoms with E-state index in [2.05, 4.69) is 5.32 Å². The van der Waals surface area contributed by atoms with Crippen molar-refractivity contribution in [2.45, 2.75) is 44.0 Å². The van der Waals surface area contributed by atoms with E-state index in [1.807, 2.05) is 6.92 Å². The zero-order valence-electron chi connectivity index (χ0n) is 12.6. The number of piperidine rings is 1. The molecule has 1 aromatic rings. The lowest BCUT2D eigenvalue weighted by atomic mass is 10.1. The molecule has 21 heavy (non-hydrogen) atoms. The standard InChI is InChI=1S/C15H23ClN2O2S/c1-3-10-18(14-6-8-17-9-7-14)21(19,20)15-5-4-13(16)11-12(15)2/h4-5,11,14,17H,3,6-10H2,1-2H3. The summed E-state index contributed by atoms with van der Waals surface area (Å²) in [4.78, 5) is 0.374. The van der Waals surface area contributed by atoms with E-state index in [1.165, 1.54) is 0 Å². The summed E-state index contributed by atoms with van der Waals surface area (Å²) in [5.74, 6) is 0. The molecule has 0 atom stereocenters. The Morgan fingerprint density at radius 2 is 2.00 bits per heavy atom. The summed E-state index contributed by atoms with van der Waals surface area (Å²) in [5, 5.41) is 3.85. The van der Waals surface area contributed by atoms with Gasteiger partial charge in [0, 0.05) is 17.6 Å². The van der Waals surface area contributed by atoms with Crippen molar-refractivity contribution in [1.29, 1.82) is 0 Å². The number of hydrogen-bond acceptors (Lipinski definition) is 3. The van der Waals surface area contributed by atoms with Crippen LogP contribution in [0.4, 0.5) is 0 Å². The lowest BCUT2D eigenvalue weighted by molar-refractivity contribution is 0.262. The summed E-state index contributed by atoms with van der Waals surface area (Å²) in [7, 11) is -3.46. The number of rotatable bonds is 5. The molecule has 1 aliphatic heterocycles. The third-order valence-corrected chi connectivity index (χ3v) is 6.23. The molecular weight excluding hydrogens is 308 g/mol. The molecule has 1 saturated heterocycles. The van der Waals surface area contributed by atoms with Crippen molar-refractivity contribution in [3.63, 3.8) is 0 Å². The quantitative estimate of drug-likeness (QED) is 0.903. The number of benzene rings is 1. The van der Waals surface area contributed by atoms with Gasteiger partial charge in [-0.1, -0.05) is 18.5 Å². The van der Waals surface area contributed by atoms with Crippen LogP contribution in [0.15, 0.2) is 23.1 Å². The minimum atomic E-state index is -3.46. The first-order valence-electron chi connectivity index (χ1n) is 7.45. The van der Waals surface area contributed by atoms with Crippen molar-refractivity contribution >= 4 is 21.6 Å². The summed E-state index contributed by atoms with van der Waals surface area (Å²) in [6, 6.07) is 5.07. The van der Waals surface area contributed by atoms with E-state index < -0.39 is 10.0 Å². The second-order valence-corrected chi connectivity index (χ2v) is 7.80. The molecule has 0 spiro atoms. The van der Waals surface area contributed by atoms with E-state index in [0.717, 1.165) is 32.4 Å². The number of hydrogen-bond donors (Lipinski definition) is 1. The summed E-state index contributed by atoms with van der Waals surface area (Å²) in [6.45, 7) is 6.12. The average molecular weight is 331 g/mol. The lowest BCUT2D eigenvalue weighted by Gasteiger charge is -2.34. The molecule has 1 fully saturated rings. The van der Waals surface area contributed by atoms with Gasteiger partial charge in [0.2, 0.25) is 10.0 Å². The van der Waals surface area contributed by atoms with Crippen LogP contribution in [0.2, 0.25) is 5.02 Å². The van der Waals surface area contributed by atoms with Crippen LogP contribution in [-0.2, 0) is 10.0 Å². The Bertz CT molecular complexity index is 583. The smallest absolute Gasteiger partial charge is 0.243 e. The van der Waals surface area contributed by atoms with Gasteiger partial charge in [-0.25, -0.2) is 8.42 Å². The summed E-state index contributed by atoms with van der Waals surface area (Å²) in [5.41, 5.74) is 0.706. The van der Waals surface area contributed by atoms with Crippen LogP contribution >= 0.6 is 11.6 Å². The fourth-order valence-electron chi connectivity index (χ4n) is 2.84. The van der Waals surface area contributed by atoms with Crippen molar-refractivity contribution in [2.24, 2.45) is 0 Å². The van der Waals surface area contributed by atoms with E-state index in [4.69, 9.17) is 11.6 Å². The number of nitrogens with one attached hydrogen (secondary N) is 1. The number of sulfonamides is 1. The van der Waals surface area contributed by atoms with Crippen LogP contribution in [0.1, 0.15) is 31.7 Å². The Morgan fingerprint density at radius 3 is 2.57 bits per heavy atom. The van der Waals surface area contributed by atoms with Gasteiger partial charge in [0.05, 0.1) is 4.90 Å². The minimum Gasteiger partial charge on any atom is -0.317 e. The van der Waals surface area contributed by atoms with Gasteiger partial charge in [0.1, 0.15) is 0 Å². The van der Waals surface area contributed by atoms with Crippen molar-refractivity contribution in [2.75, 3.05) is 19.6 Å². The first-order valence-corrected chi connectivity index (χ1v) is 9.27. The molecule has 1 aliphatic rings. The Balaban J connectivity index is 2.36. The normalized spacial score (nSPS) is 17.3. The van der Waals surface area contributed by atoms with E-state index in [9.17, 15) is 8.42 Å². The van der Waals surface area contributed by atoms with Crippen LogP contribution in [0, 0.1) is 6.92 Å². The monoisotopic (exact) mass is 330 g/mol. The van der Waals surface area contributed by atoms with Gasteiger partial charge < -0.3 is 5.32 Å². The second kappa shape index (κ2) is 7.09. The van der Waals surface area contributed by atoms with Crippen LogP contribution in [0.25, 0.3) is 0 Å². The molecule has 1 heterocycles. The highest BCUT2D eigenvalue weighted by molar-refractivity contribution is 7.89. The average Bonchev–Trinajstić information content (AvgIpc) is 2.45. The third kappa shape index (κ3) is 3.77. The fraction of sp³-hybridized carbons (Fsp3) is 0.600. The molecule has 1 aromatic carbocycles. The molecule has 6 heteroatoms. The molecule has 0 saturated carbocycles. The number of aryl methyl sites for hydroxylation is 1. The molecule has 0 amide bonds. The van der Waals surface area contributed by atoms with E-state index in [0.29, 0.717) is 22.0 Å². The molecule has 0 unspecified atom stereocenters. The van der Waals surface area contributed by atoms with Crippen molar-refractivity contribution in [1.82, 2.24) is 9.62 Å². The number of nitrogens with zero attached hydrogens (tertiary/aromatic N) is 1. The maximum atomic E-state index is 13.0. The molecule has 0 radical (unpaired) electrons. The van der Waals surface area contributed by atoms with Gasteiger partial charge in [-0.15, -0.1) is 0 Å². The number of halogens is 1. The Kier molecular flexibility index (Phi) is 5.66. The van der Waals surface area contributed by atoms with Gasteiger partial charge in [0.15, 0.2) is 0 Å². The Morgan fingerprint density at radius 1 is 1.33 bits per heavy atom. The summed E-state index contributed by atoms with van der Waals surface area (Å²) in [6.07, 6.45) is 2.55. The van der Waals surface area contributed by atoms with E-state index in [1.54, 1.807) is 29.4 Å². The molecule has 2 rings (SSSR count). The van der Waals surface area contributed by atoms with Crippen LogP contribution < -0.4 is 5.32 Å². The fourth-order valence-corrected chi connectivity index (χ4v) is 5.05. The Labute approximate surface area is 132 Å². The van der Waals surface area contributed by atoms with Gasteiger partial charge in [-0.2, -0.15) is 4.31 Å².